The van der Waals surface area contributed by atoms with Crippen LogP contribution in [-0.2, 0) is 9.53 Å². The first-order valence-electron chi connectivity index (χ1n) is 13.0. The number of carboxylic acid groups (broad SMARTS) is 1. The van der Waals surface area contributed by atoms with Crippen LogP contribution in [0.15, 0.2) is 0 Å². The van der Waals surface area contributed by atoms with Gasteiger partial charge in [-0.2, -0.15) is 0 Å². The van der Waals surface area contributed by atoms with Crippen LogP contribution < -0.4 is 0 Å². The highest BCUT2D eigenvalue weighted by atomic mass is 16.5. The van der Waals surface area contributed by atoms with E-state index in [2.05, 4.69) is 13.8 Å². The van der Waals surface area contributed by atoms with Crippen molar-refractivity contribution in [2.24, 2.45) is 0 Å². The van der Waals surface area contributed by atoms with Crippen LogP contribution in [0.5, 0.6) is 0 Å². The third-order valence-electron chi connectivity index (χ3n) is 5.88. The molecule has 29 heavy (non-hydrogen) atoms. The molecule has 0 radical (unpaired) electrons. The summed E-state index contributed by atoms with van der Waals surface area (Å²) in [5.41, 5.74) is 0. The topological polar surface area (TPSA) is 46.5 Å². The minimum absolute atomic E-state index is 0.0874. The standard InChI is InChI=1S/C26H52O3/c1-3-5-7-9-11-13-15-17-19-21-23-29-25(24-26(27)28)22-20-18-16-14-12-10-8-6-4-2/h25H,3-24H2,1-2H3,(H,27,28). The maximum Gasteiger partial charge on any atom is 0.305 e. The van der Waals surface area contributed by atoms with Gasteiger partial charge in [-0.05, 0) is 12.8 Å². The average Bonchev–Trinajstić information content (AvgIpc) is 2.70. The Bertz CT molecular complexity index is 330. The van der Waals surface area contributed by atoms with E-state index in [-0.39, 0.29) is 12.5 Å². The van der Waals surface area contributed by atoms with E-state index in [1.54, 1.807) is 0 Å². The minimum Gasteiger partial charge on any atom is -0.481 e. The van der Waals surface area contributed by atoms with Gasteiger partial charge in [-0.1, -0.05) is 129 Å². The van der Waals surface area contributed by atoms with Gasteiger partial charge < -0.3 is 9.84 Å². The molecule has 0 aliphatic carbocycles. The van der Waals surface area contributed by atoms with Gasteiger partial charge in [-0.25, -0.2) is 0 Å². The van der Waals surface area contributed by atoms with Crippen molar-refractivity contribution in [2.75, 3.05) is 6.61 Å². The molecule has 0 aliphatic heterocycles. The van der Waals surface area contributed by atoms with Crippen LogP contribution in [0.25, 0.3) is 0 Å². The molecule has 1 atom stereocenters. The van der Waals surface area contributed by atoms with Gasteiger partial charge >= 0.3 is 5.97 Å². The van der Waals surface area contributed by atoms with Crippen LogP contribution >= 0.6 is 0 Å². The number of hydrogen-bond donors (Lipinski definition) is 1. The summed E-state index contributed by atoms with van der Waals surface area (Å²) in [4.78, 5) is 11.1. The zero-order chi connectivity index (χ0) is 21.4. The molecular formula is C26H52O3. The van der Waals surface area contributed by atoms with E-state index in [4.69, 9.17) is 9.84 Å². The average molecular weight is 413 g/mol. The fraction of sp³-hybridized carbons (Fsp3) is 0.962. The molecule has 0 rings (SSSR count). The second kappa shape index (κ2) is 23.7. The Kier molecular flexibility index (Phi) is 23.2. The van der Waals surface area contributed by atoms with Crippen molar-refractivity contribution in [1.82, 2.24) is 0 Å². The molecule has 0 aromatic heterocycles. The second-order valence-corrected chi connectivity index (χ2v) is 8.89. The largest absolute Gasteiger partial charge is 0.481 e. The summed E-state index contributed by atoms with van der Waals surface area (Å²) in [6.45, 7) is 5.25. The zero-order valence-corrected chi connectivity index (χ0v) is 19.9. The van der Waals surface area contributed by atoms with Gasteiger partial charge in [0.05, 0.1) is 12.5 Å². The Balaban J connectivity index is 3.55. The normalized spacial score (nSPS) is 12.3. The molecule has 0 spiro atoms. The Morgan fingerprint density at radius 1 is 0.621 bits per heavy atom. The highest BCUT2D eigenvalue weighted by Gasteiger charge is 2.13. The lowest BCUT2D eigenvalue weighted by Gasteiger charge is -2.16. The highest BCUT2D eigenvalue weighted by Crippen LogP contribution is 2.15. The molecule has 0 aliphatic rings. The molecule has 0 amide bonds. The highest BCUT2D eigenvalue weighted by molar-refractivity contribution is 5.67. The Labute approximate surface area is 182 Å². The number of aliphatic carboxylic acids is 1. The maximum atomic E-state index is 11.1. The van der Waals surface area contributed by atoms with Crippen LogP contribution in [0, 0.1) is 0 Å². The first kappa shape index (κ1) is 28.4. The van der Waals surface area contributed by atoms with Gasteiger partial charge in [0.1, 0.15) is 0 Å². The predicted octanol–water partition coefficient (Wildman–Crippen LogP) is 8.69. The molecule has 1 N–H and O–H groups in total. The molecule has 0 aromatic carbocycles. The van der Waals surface area contributed by atoms with Crippen molar-refractivity contribution in [3.05, 3.63) is 0 Å². The summed E-state index contributed by atoms with van der Waals surface area (Å²) in [5, 5.41) is 9.12. The Hall–Kier alpha value is -0.570. The first-order valence-corrected chi connectivity index (χ1v) is 13.0. The van der Waals surface area contributed by atoms with Crippen molar-refractivity contribution in [3.63, 3.8) is 0 Å². The van der Waals surface area contributed by atoms with Crippen molar-refractivity contribution in [2.45, 2.75) is 155 Å². The van der Waals surface area contributed by atoms with E-state index in [0.29, 0.717) is 0 Å². The minimum atomic E-state index is -0.728. The lowest BCUT2D eigenvalue weighted by Crippen LogP contribution is -2.18. The SMILES string of the molecule is CCCCCCCCCCCCOC(CCCCCCCCCCC)CC(=O)O. The number of carbonyl (C=O) groups is 1. The number of carboxylic acids is 1. The summed E-state index contributed by atoms with van der Waals surface area (Å²) >= 11 is 0. The van der Waals surface area contributed by atoms with Gasteiger partial charge in [-0.3, -0.25) is 4.79 Å². The van der Waals surface area contributed by atoms with E-state index in [0.717, 1.165) is 25.9 Å². The first-order chi connectivity index (χ1) is 14.2. The molecular weight excluding hydrogens is 360 g/mol. The summed E-state index contributed by atoms with van der Waals surface area (Å²) < 4.78 is 5.92. The van der Waals surface area contributed by atoms with E-state index in [9.17, 15) is 4.79 Å². The summed E-state index contributed by atoms with van der Waals surface area (Å²) in [6.07, 6.45) is 25.8. The lowest BCUT2D eigenvalue weighted by atomic mass is 10.0. The van der Waals surface area contributed by atoms with E-state index < -0.39 is 5.97 Å². The number of unbranched alkanes of at least 4 members (excludes halogenated alkanes) is 17. The maximum absolute atomic E-state index is 11.1. The van der Waals surface area contributed by atoms with Crippen LogP contribution in [-0.4, -0.2) is 23.8 Å². The number of ether oxygens (including phenoxy) is 1. The molecule has 1 unspecified atom stereocenters. The zero-order valence-electron chi connectivity index (χ0n) is 19.9. The quantitative estimate of drug-likeness (QED) is 0.161. The van der Waals surface area contributed by atoms with Gasteiger partial charge in [0.2, 0.25) is 0 Å². The van der Waals surface area contributed by atoms with E-state index >= 15 is 0 Å². The Morgan fingerprint density at radius 3 is 1.41 bits per heavy atom. The van der Waals surface area contributed by atoms with Gasteiger partial charge in [0.15, 0.2) is 0 Å². The summed E-state index contributed by atoms with van der Waals surface area (Å²) in [6, 6.07) is 0. The van der Waals surface area contributed by atoms with Gasteiger partial charge in [0, 0.05) is 6.61 Å². The predicted molar refractivity (Wildman–Crippen MR) is 126 cm³/mol. The number of hydrogen-bond acceptors (Lipinski definition) is 2. The fourth-order valence-corrected chi connectivity index (χ4v) is 3.96. The van der Waals surface area contributed by atoms with Gasteiger partial charge in [-0.15, -0.1) is 0 Å². The van der Waals surface area contributed by atoms with Gasteiger partial charge in [0.25, 0.3) is 0 Å². The van der Waals surface area contributed by atoms with Crippen LogP contribution in [0.3, 0.4) is 0 Å². The third kappa shape index (κ3) is 23.6. The molecule has 3 heteroatoms. The van der Waals surface area contributed by atoms with Crippen molar-refractivity contribution in [3.8, 4) is 0 Å². The smallest absolute Gasteiger partial charge is 0.305 e. The summed E-state index contributed by atoms with van der Waals surface area (Å²) in [5.74, 6) is -0.728. The molecule has 3 nitrogen and oxygen atoms in total. The molecule has 0 saturated heterocycles. The summed E-state index contributed by atoms with van der Waals surface area (Å²) in [7, 11) is 0. The molecule has 0 aromatic rings. The van der Waals surface area contributed by atoms with Crippen LogP contribution in [0.2, 0.25) is 0 Å². The molecule has 0 heterocycles. The van der Waals surface area contributed by atoms with Crippen LogP contribution in [0.1, 0.15) is 149 Å². The van der Waals surface area contributed by atoms with Crippen molar-refractivity contribution < 1.29 is 14.6 Å². The number of rotatable bonds is 24. The molecule has 174 valence electrons. The second-order valence-electron chi connectivity index (χ2n) is 8.89. The third-order valence-corrected chi connectivity index (χ3v) is 5.88. The monoisotopic (exact) mass is 412 g/mol. The van der Waals surface area contributed by atoms with Crippen LogP contribution in [0.4, 0.5) is 0 Å². The Morgan fingerprint density at radius 2 is 1.00 bits per heavy atom. The van der Waals surface area contributed by atoms with E-state index in [1.165, 1.54) is 109 Å². The molecule has 0 bridgehead atoms. The van der Waals surface area contributed by atoms with Crippen molar-refractivity contribution in [1.29, 1.82) is 0 Å². The van der Waals surface area contributed by atoms with E-state index in [1.807, 2.05) is 0 Å². The molecule has 0 fully saturated rings. The fourth-order valence-electron chi connectivity index (χ4n) is 3.96. The lowest BCUT2D eigenvalue weighted by molar-refractivity contribution is -0.140. The van der Waals surface area contributed by atoms with Crippen molar-refractivity contribution >= 4 is 5.97 Å². The molecule has 0 saturated carbocycles.